The SMILES string of the molecule is CCc1ccccc1NC(=O)N1CC(N(C(C)C)C(C)C)C1. The molecule has 122 valence electrons. The molecule has 4 nitrogen and oxygen atoms in total. The van der Waals surface area contributed by atoms with E-state index in [0.29, 0.717) is 18.1 Å². The van der Waals surface area contributed by atoms with Crippen molar-refractivity contribution >= 4 is 11.7 Å². The molecule has 4 heteroatoms. The third-order valence-corrected chi connectivity index (χ3v) is 4.40. The zero-order valence-electron chi connectivity index (χ0n) is 14.5. The van der Waals surface area contributed by atoms with Crippen molar-refractivity contribution in [1.82, 2.24) is 9.80 Å². The first-order valence-electron chi connectivity index (χ1n) is 8.35. The highest BCUT2D eigenvalue weighted by Crippen LogP contribution is 2.22. The molecule has 0 saturated carbocycles. The van der Waals surface area contributed by atoms with Gasteiger partial charge < -0.3 is 10.2 Å². The molecule has 2 rings (SSSR count). The first-order chi connectivity index (χ1) is 10.4. The third-order valence-electron chi connectivity index (χ3n) is 4.40. The Bertz CT molecular complexity index is 499. The van der Waals surface area contributed by atoms with Gasteiger partial charge in [-0.2, -0.15) is 0 Å². The third kappa shape index (κ3) is 3.61. The zero-order chi connectivity index (χ0) is 16.3. The van der Waals surface area contributed by atoms with Crippen molar-refractivity contribution in [2.45, 2.75) is 59.2 Å². The molecule has 1 saturated heterocycles. The smallest absolute Gasteiger partial charge is 0.321 e. The van der Waals surface area contributed by atoms with Crippen LogP contribution in [0.3, 0.4) is 0 Å². The van der Waals surface area contributed by atoms with Crippen LogP contribution >= 0.6 is 0 Å². The summed E-state index contributed by atoms with van der Waals surface area (Å²) in [6, 6.07) is 9.53. The second-order valence-corrected chi connectivity index (χ2v) is 6.63. The van der Waals surface area contributed by atoms with Crippen LogP contribution in [0.25, 0.3) is 0 Å². The first-order valence-corrected chi connectivity index (χ1v) is 8.35. The maximum atomic E-state index is 12.4. The van der Waals surface area contributed by atoms with E-state index in [-0.39, 0.29) is 6.03 Å². The predicted molar refractivity (Wildman–Crippen MR) is 92.3 cm³/mol. The van der Waals surface area contributed by atoms with Crippen LogP contribution in [0.5, 0.6) is 0 Å². The van der Waals surface area contributed by atoms with Crippen LogP contribution in [0.15, 0.2) is 24.3 Å². The highest BCUT2D eigenvalue weighted by molar-refractivity contribution is 5.90. The molecule has 2 amide bonds. The number of para-hydroxylation sites is 1. The predicted octanol–water partition coefficient (Wildman–Crippen LogP) is 3.58. The summed E-state index contributed by atoms with van der Waals surface area (Å²) in [5.41, 5.74) is 2.11. The molecule has 1 aromatic rings. The Morgan fingerprint density at radius 3 is 2.36 bits per heavy atom. The quantitative estimate of drug-likeness (QED) is 0.902. The lowest BCUT2D eigenvalue weighted by Crippen LogP contribution is -2.64. The lowest BCUT2D eigenvalue weighted by Gasteiger charge is -2.48. The second-order valence-electron chi connectivity index (χ2n) is 6.63. The van der Waals surface area contributed by atoms with Crippen molar-refractivity contribution in [3.05, 3.63) is 29.8 Å². The summed E-state index contributed by atoms with van der Waals surface area (Å²) in [6.45, 7) is 12.6. The highest BCUT2D eigenvalue weighted by Gasteiger charge is 2.36. The number of hydrogen-bond donors (Lipinski definition) is 1. The number of likely N-dealkylation sites (tertiary alicyclic amines) is 1. The Morgan fingerprint density at radius 2 is 1.82 bits per heavy atom. The molecule has 0 radical (unpaired) electrons. The van der Waals surface area contributed by atoms with Crippen molar-refractivity contribution in [3.8, 4) is 0 Å². The molecule has 0 unspecified atom stereocenters. The number of hydrogen-bond acceptors (Lipinski definition) is 2. The van der Waals surface area contributed by atoms with Crippen molar-refractivity contribution < 1.29 is 4.79 Å². The summed E-state index contributed by atoms with van der Waals surface area (Å²) in [5.74, 6) is 0. The molecule has 0 atom stereocenters. The average Bonchev–Trinajstić information content (AvgIpc) is 2.41. The van der Waals surface area contributed by atoms with Gasteiger partial charge in [0.1, 0.15) is 0 Å². The molecule has 0 spiro atoms. The Labute approximate surface area is 134 Å². The van der Waals surface area contributed by atoms with E-state index >= 15 is 0 Å². The fraction of sp³-hybridized carbons (Fsp3) is 0.611. The number of urea groups is 1. The number of anilines is 1. The van der Waals surface area contributed by atoms with Gasteiger partial charge in [0.05, 0.1) is 0 Å². The van der Waals surface area contributed by atoms with Gasteiger partial charge in [-0.15, -0.1) is 0 Å². The first kappa shape index (κ1) is 16.8. The summed E-state index contributed by atoms with van der Waals surface area (Å²) in [7, 11) is 0. The minimum absolute atomic E-state index is 0.0182. The van der Waals surface area contributed by atoms with E-state index in [2.05, 4.69) is 50.9 Å². The van der Waals surface area contributed by atoms with Gasteiger partial charge in [-0.05, 0) is 45.7 Å². The van der Waals surface area contributed by atoms with Crippen molar-refractivity contribution in [2.24, 2.45) is 0 Å². The van der Waals surface area contributed by atoms with Crippen molar-refractivity contribution in [3.63, 3.8) is 0 Å². The number of aryl methyl sites for hydroxylation is 1. The van der Waals surface area contributed by atoms with Crippen LogP contribution in [0, 0.1) is 0 Å². The number of benzene rings is 1. The zero-order valence-corrected chi connectivity index (χ0v) is 14.5. The monoisotopic (exact) mass is 303 g/mol. The van der Waals surface area contributed by atoms with Crippen LogP contribution in [-0.2, 0) is 6.42 Å². The summed E-state index contributed by atoms with van der Waals surface area (Å²) in [6.07, 6.45) is 0.924. The molecule has 1 heterocycles. The van der Waals surface area contributed by atoms with E-state index in [4.69, 9.17) is 0 Å². The van der Waals surface area contributed by atoms with Crippen LogP contribution in [0.1, 0.15) is 40.2 Å². The van der Waals surface area contributed by atoms with Gasteiger partial charge in [-0.3, -0.25) is 4.90 Å². The lowest BCUT2D eigenvalue weighted by atomic mass is 10.0. The number of carbonyl (C=O) groups excluding carboxylic acids is 1. The van der Waals surface area contributed by atoms with E-state index in [1.165, 1.54) is 5.56 Å². The fourth-order valence-corrected chi connectivity index (χ4v) is 3.39. The number of nitrogens with one attached hydrogen (secondary N) is 1. The fourth-order valence-electron chi connectivity index (χ4n) is 3.39. The summed E-state index contributed by atoms with van der Waals surface area (Å²) >= 11 is 0. The normalized spacial score (nSPS) is 15.5. The molecule has 1 N–H and O–H groups in total. The lowest BCUT2D eigenvalue weighted by molar-refractivity contribution is 0.0202. The van der Waals surface area contributed by atoms with Gasteiger partial charge in [0.15, 0.2) is 0 Å². The standard InChI is InChI=1S/C18H29N3O/c1-6-15-9-7-8-10-17(15)19-18(22)20-11-16(12-20)21(13(2)3)14(4)5/h7-10,13-14,16H,6,11-12H2,1-5H3,(H,19,22). The van der Waals surface area contributed by atoms with E-state index in [0.717, 1.165) is 25.2 Å². The summed E-state index contributed by atoms with van der Waals surface area (Å²) in [4.78, 5) is 16.8. The minimum Gasteiger partial charge on any atom is -0.321 e. The maximum Gasteiger partial charge on any atom is 0.321 e. The van der Waals surface area contributed by atoms with E-state index in [9.17, 15) is 4.79 Å². The molecule has 1 aliphatic heterocycles. The van der Waals surface area contributed by atoms with Crippen LogP contribution in [0.4, 0.5) is 10.5 Å². The summed E-state index contributed by atoms with van der Waals surface area (Å²) < 4.78 is 0. The van der Waals surface area contributed by atoms with E-state index < -0.39 is 0 Å². The Balaban J connectivity index is 1.92. The molecule has 1 aliphatic rings. The molecule has 1 fully saturated rings. The topological polar surface area (TPSA) is 35.6 Å². The van der Waals surface area contributed by atoms with Gasteiger partial charge in [0.25, 0.3) is 0 Å². The van der Waals surface area contributed by atoms with Gasteiger partial charge >= 0.3 is 6.03 Å². The average molecular weight is 303 g/mol. The van der Waals surface area contributed by atoms with Crippen LogP contribution in [-0.4, -0.2) is 47.0 Å². The number of carbonyl (C=O) groups is 1. The van der Waals surface area contributed by atoms with Crippen molar-refractivity contribution in [1.29, 1.82) is 0 Å². The molecule has 0 aliphatic carbocycles. The molecule has 22 heavy (non-hydrogen) atoms. The molecular weight excluding hydrogens is 274 g/mol. The van der Waals surface area contributed by atoms with Gasteiger partial charge in [0, 0.05) is 36.9 Å². The number of rotatable bonds is 5. The number of nitrogens with zero attached hydrogens (tertiary/aromatic N) is 2. The van der Waals surface area contributed by atoms with Crippen LogP contribution in [0.2, 0.25) is 0 Å². The second kappa shape index (κ2) is 7.14. The molecule has 0 bridgehead atoms. The Kier molecular flexibility index (Phi) is 5.46. The molecular formula is C18H29N3O. The Hall–Kier alpha value is -1.55. The van der Waals surface area contributed by atoms with Gasteiger partial charge in [-0.1, -0.05) is 25.1 Å². The summed E-state index contributed by atoms with van der Waals surface area (Å²) in [5, 5.41) is 3.05. The van der Waals surface area contributed by atoms with E-state index in [1.807, 2.05) is 23.1 Å². The minimum atomic E-state index is 0.0182. The maximum absolute atomic E-state index is 12.4. The molecule has 0 aromatic heterocycles. The van der Waals surface area contributed by atoms with Crippen molar-refractivity contribution in [2.75, 3.05) is 18.4 Å². The van der Waals surface area contributed by atoms with Crippen LogP contribution < -0.4 is 5.32 Å². The van der Waals surface area contributed by atoms with Gasteiger partial charge in [-0.25, -0.2) is 4.79 Å². The number of amides is 2. The molecule has 1 aromatic carbocycles. The van der Waals surface area contributed by atoms with E-state index in [1.54, 1.807) is 0 Å². The largest absolute Gasteiger partial charge is 0.321 e. The highest BCUT2D eigenvalue weighted by atomic mass is 16.2. The Morgan fingerprint density at radius 1 is 1.23 bits per heavy atom. The van der Waals surface area contributed by atoms with Gasteiger partial charge in [0.2, 0.25) is 0 Å².